The summed E-state index contributed by atoms with van der Waals surface area (Å²) in [5.41, 5.74) is 1.24. The lowest BCUT2D eigenvalue weighted by Crippen LogP contribution is -2.31. The number of β-amino-alcohol motifs (C(OH)–C–C–N with tert-alkyl or cyclic N) is 1. The van der Waals surface area contributed by atoms with Crippen LogP contribution < -0.4 is 5.32 Å². The molecule has 2 rings (SSSR count). The smallest absolute Gasteiger partial charge is 0.0914 e. The third-order valence-corrected chi connectivity index (χ3v) is 3.45. The van der Waals surface area contributed by atoms with E-state index in [-0.39, 0.29) is 5.54 Å². The summed E-state index contributed by atoms with van der Waals surface area (Å²) in [6.07, 6.45) is 2.02. The van der Waals surface area contributed by atoms with Crippen LogP contribution >= 0.6 is 15.9 Å². The van der Waals surface area contributed by atoms with Gasteiger partial charge in [-0.3, -0.25) is 0 Å². The van der Waals surface area contributed by atoms with Crippen LogP contribution in [-0.4, -0.2) is 17.2 Å². The molecule has 1 fully saturated rings. The summed E-state index contributed by atoms with van der Waals surface area (Å²) in [6.45, 7) is 2.83. The number of nitrogens with one attached hydrogen (secondary N) is 1. The normalized spacial score (nSPS) is 19.9. The summed E-state index contributed by atoms with van der Waals surface area (Å²) in [6, 6.07) is 7.82. The Morgan fingerprint density at radius 2 is 2.27 bits per heavy atom. The third-order valence-electron chi connectivity index (χ3n) is 2.96. The molecule has 0 spiro atoms. The first-order chi connectivity index (χ1) is 7.09. The number of aliphatic hydroxyl groups is 1. The molecular weight excluding hydrogens is 254 g/mol. The molecule has 2 N–H and O–H groups in total. The van der Waals surface area contributed by atoms with E-state index in [2.05, 4.69) is 28.2 Å². The molecule has 1 saturated carbocycles. The van der Waals surface area contributed by atoms with Crippen molar-refractivity contribution in [2.75, 3.05) is 6.54 Å². The Kier molecular flexibility index (Phi) is 3.14. The first kappa shape index (κ1) is 11.1. The van der Waals surface area contributed by atoms with Gasteiger partial charge in [0.2, 0.25) is 0 Å². The van der Waals surface area contributed by atoms with Crippen molar-refractivity contribution in [2.24, 2.45) is 0 Å². The van der Waals surface area contributed by atoms with Crippen molar-refractivity contribution in [3.63, 3.8) is 0 Å². The molecule has 82 valence electrons. The van der Waals surface area contributed by atoms with Crippen LogP contribution in [0.4, 0.5) is 0 Å². The van der Waals surface area contributed by atoms with Gasteiger partial charge in [0.15, 0.2) is 0 Å². The van der Waals surface area contributed by atoms with Gasteiger partial charge in [-0.2, -0.15) is 0 Å². The van der Waals surface area contributed by atoms with E-state index in [1.807, 2.05) is 24.3 Å². The summed E-state index contributed by atoms with van der Waals surface area (Å²) >= 11 is 3.40. The maximum atomic E-state index is 9.95. The van der Waals surface area contributed by atoms with Crippen molar-refractivity contribution in [3.05, 3.63) is 34.3 Å². The Bertz CT molecular complexity index is 349. The van der Waals surface area contributed by atoms with Gasteiger partial charge < -0.3 is 10.4 Å². The molecule has 0 bridgehead atoms. The number of rotatable bonds is 4. The van der Waals surface area contributed by atoms with Crippen molar-refractivity contribution in [3.8, 4) is 0 Å². The molecule has 0 aromatic heterocycles. The second-order valence-corrected chi connectivity index (χ2v) is 5.43. The Hall–Kier alpha value is -0.380. The highest BCUT2D eigenvalue weighted by molar-refractivity contribution is 9.10. The van der Waals surface area contributed by atoms with Gasteiger partial charge in [0.1, 0.15) is 0 Å². The standard InChI is InChI=1S/C12H16BrNO/c1-12(5-6-12)14-8-11(15)9-3-2-4-10(13)7-9/h2-4,7,11,14-15H,5-6,8H2,1H3. The van der Waals surface area contributed by atoms with Crippen molar-refractivity contribution in [1.29, 1.82) is 0 Å². The van der Waals surface area contributed by atoms with E-state index < -0.39 is 6.10 Å². The molecule has 1 aromatic carbocycles. The van der Waals surface area contributed by atoms with Crippen LogP contribution in [0.5, 0.6) is 0 Å². The molecule has 1 unspecified atom stereocenters. The average Bonchev–Trinajstić information content (AvgIpc) is 2.94. The minimum atomic E-state index is -0.417. The van der Waals surface area contributed by atoms with Crippen LogP contribution in [0.3, 0.4) is 0 Å². The zero-order valence-corrected chi connectivity index (χ0v) is 10.4. The lowest BCUT2D eigenvalue weighted by atomic mass is 10.1. The van der Waals surface area contributed by atoms with Gasteiger partial charge in [0.05, 0.1) is 6.10 Å². The Balaban J connectivity index is 1.92. The van der Waals surface area contributed by atoms with Crippen LogP contribution in [0, 0.1) is 0 Å². The lowest BCUT2D eigenvalue weighted by molar-refractivity contribution is 0.169. The van der Waals surface area contributed by atoms with Gasteiger partial charge in [-0.1, -0.05) is 28.1 Å². The second-order valence-electron chi connectivity index (χ2n) is 4.51. The largest absolute Gasteiger partial charge is 0.387 e. The predicted molar refractivity (Wildman–Crippen MR) is 64.7 cm³/mol. The van der Waals surface area contributed by atoms with Crippen LogP contribution in [0.2, 0.25) is 0 Å². The zero-order valence-electron chi connectivity index (χ0n) is 8.83. The minimum Gasteiger partial charge on any atom is -0.387 e. The summed E-state index contributed by atoms with van der Waals surface area (Å²) in [7, 11) is 0. The molecule has 0 aliphatic heterocycles. The van der Waals surface area contributed by atoms with E-state index >= 15 is 0 Å². The van der Waals surface area contributed by atoms with E-state index in [9.17, 15) is 5.11 Å². The Morgan fingerprint density at radius 1 is 1.53 bits per heavy atom. The highest BCUT2D eigenvalue weighted by atomic mass is 79.9. The van der Waals surface area contributed by atoms with Crippen LogP contribution in [0.15, 0.2) is 28.7 Å². The Morgan fingerprint density at radius 3 is 2.87 bits per heavy atom. The van der Waals surface area contributed by atoms with Gasteiger partial charge in [0.25, 0.3) is 0 Å². The van der Waals surface area contributed by atoms with Gasteiger partial charge in [-0.25, -0.2) is 0 Å². The molecule has 0 saturated heterocycles. The van der Waals surface area contributed by atoms with E-state index in [0.29, 0.717) is 6.54 Å². The molecule has 15 heavy (non-hydrogen) atoms. The predicted octanol–water partition coefficient (Wildman–Crippen LogP) is 2.62. The molecular formula is C12H16BrNO. The minimum absolute atomic E-state index is 0.285. The molecule has 0 radical (unpaired) electrons. The molecule has 3 heteroatoms. The van der Waals surface area contributed by atoms with Gasteiger partial charge in [0, 0.05) is 16.6 Å². The van der Waals surface area contributed by atoms with Crippen molar-refractivity contribution in [1.82, 2.24) is 5.32 Å². The molecule has 1 atom stereocenters. The highest BCUT2D eigenvalue weighted by Crippen LogP contribution is 2.34. The maximum Gasteiger partial charge on any atom is 0.0914 e. The second kappa shape index (κ2) is 4.24. The average molecular weight is 270 g/mol. The molecule has 1 aliphatic carbocycles. The molecule has 0 amide bonds. The van der Waals surface area contributed by atoms with Gasteiger partial charge >= 0.3 is 0 Å². The first-order valence-corrected chi connectivity index (χ1v) is 6.07. The van der Waals surface area contributed by atoms with E-state index in [4.69, 9.17) is 0 Å². The lowest BCUT2D eigenvalue weighted by Gasteiger charge is -2.16. The highest BCUT2D eigenvalue weighted by Gasteiger charge is 2.36. The summed E-state index contributed by atoms with van der Waals surface area (Å²) in [5.74, 6) is 0. The van der Waals surface area contributed by atoms with E-state index in [0.717, 1.165) is 10.0 Å². The fourth-order valence-electron chi connectivity index (χ4n) is 1.54. The SMILES string of the molecule is CC1(NCC(O)c2cccc(Br)c2)CC1. The first-order valence-electron chi connectivity index (χ1n) is 5.28. The van der Waals surface area contributed by atoms with Crippen molar-refractivity contribution >= 4 is 15.9 Å². The van der Waals surface area contributed by atoms with Crippen LogP contribution in [-0.2, 0) is 0 Å². The van der Waals surface area contributed by atoms with Crippen LogP contribution in [0.25, 0.3) is 0 Å². The van der Waals surface area contributed by atoms with Crippen molar-refractivity contribution < 1.29 is 5.11 Å². The molecule has 1 aliphatic rings. The maximum absolute atomic E-state index is 9.95. The monoisotopic (exact) mass is 269 g/mol. The molecule has 1 aromatic rings. The van der Waals surface area contributed by atoms with Gasteiger partial charge in [-0.05, 0) is 37.5 Å². The number of benzene rings is 1. The molecule has 0 heterocycles. The fourth-order valence-corrected chi connectivity index (χ4v) is 1.96. The number of halogens is 1. The van der Waals surface area contributed by atoms with E-state index in [1.165, 1.54) is 12.8 Å². The third kappa shape index (κ3) is 3.03. The van der Waals surface area contributed by atoms with Gasteiger partial charge in [-0.15, -0.1) is 0 Å². The van der Waals surface area contributed by atoms with Crippen molar-refractivity contribution in [2.45, 2.75) is 31.4 Å². The number of aliphatic hydroxyl groups excluding tert-OH is 1. The quantitative estimate of drug-likeness (QED) is 0.881. The summed E-state index contributed by atoms with van der Waals surface area (Å²) in [4.78, 5) is 0. The summed E-state index contributed by atoms with van der Waals surface area (Å²) in [5, 5.41) is 13.3. The van der Waals surface area contributed by atoms with E-state index in [1.54, 1.807) is 0 Å². The topological polar surface area (TPSA) is 32.3 Å². The number of hydrogen-bond donors (Lipinski definition) is 2. The zero-order chi connectivity index (χ0) is 10.9. The summed E-state index contributed by atoms with van der Waals surface area (Å²) < 4.78 is 1.01. The fraction of sp³-hybridized carbons (Fsp3) is 0.500. The molecule has 2 nitrogen and oxygen atoms in total. The van der Waals surface area contributed by atoms with Crippen LogP contribution in [0.1, 0.15) is 31.4 Å². The number of hydrogen-bond acceptors (Lipinski definition) is 2. The Labute approximate surface area is 98.8 Å².